The second-order valence-electron chi connectivity index (χ2n) is 13.4. The molecule has 5 aromatic carbocycles. The molecule has 0 spiro atoms. The summed E-state index contributed by atoms with van der Waals surface area (Å²) >= 11 is 0. The Hall–Kier alpha value is -4.82. The summed E-state index contributed by atoms with van der Waals surface area (Å²) in [5.41, 5.74) is 11.7. The van der Waals surface area contributed by atoms with Gasteiger partial charge in [-0.2, -0.15) is 0 Å². The lowest BCUT2D eigenvalue weighted by Crippen LogP contribution is -2.27. The molecule has 2 heterocycles. The van der Waals surface area contributed by atoms with E-state index in [1.54, 1.807) is 0 Å². The highest BCUT2D eigenvalue weighted by Gasteiger charge is 2.38. The van der Waals surface area contributed by atoms with Gasteiger partial charge in [0.25, 0.3) is 0 Å². The molecule has 2 aliphatic rings. The highest BCUT2D eigenvalue weighted by molar-refractivity contribution is 6.22. The first-order valence-electron chi connectivity index (χ1n) is 15.9. The molecule has 2 aliphatic carbocycles. The van der Waals surface area contributed by atoms with Crippen LogP contribution in [-0.2, 0) is 5.41 Å². The number of hydrogen-bond donors (Lipinski definition) is 0. The van der Waals surface area contributed by atoms with Crippen molar-refractivity contribution in [2.24, 2.45) is 0 Å². The summed E-state index contributed by atoms with van der Waals surface area (Å²) in [5.74, 6) is 0. The number of aromatic nitrogens is 1. The van der Waals surface area contributed by atoms with E-state index in [0.717, 1.165) is 24.1 Å². The predicted molar refractivity (Wildman–Crippen MR) is 188 cm³/mol. The van der Waals surface area contributed by atoms with E-state index in [2.05, 4.69) is 147 Å². The Bertz CT molecular complexity index is 2460. The lowest BCUT2D eigenvalue weighted by atomic mass is 9.79. The van der Waals surface area contributed by atoms with Crippen LogP contribution in [0.3, 0.4) is 0 Å². The molecular weight excluding hydrogens is 532 g/mol. The van der Waals surface area contributed by atoms with Crippen LogP contribution < -0.4 is 10.6 Å². The van der Waals surface area contributed by atoms with Gasteiger partial charge in [-0.3, -0.25) is 0 Å². The quantitative estimate of drug-likeness (QED) is 0.205. The molecular formula is C42H36N2. The SMILES string of the molecule is C=C(c1ccccc1)N(C)C(C)c1ccc2c(c1)C(C)(C)c1c-2ccc2c1ccc1c3cccc4c5c(n(c43)c21)=CCCC=5. The number of hydrogen-bond acceptors (Lipinski definition) is 1. The summed E-state index contributed by atoms with van der Waals surface area (Å²) in [5, 5.41) is 9.59. The Kier molecular flexibility index (Phi) is 5.17. The smallest absolute Gasteiger partial charge is 0.0620 e. The normalized spacial score (nSPS) is 15.6. The average molecular weight is 569 g/mol. The van der Waals surface area contributed by atoms with Crippen LogP contribution in [0.2, 0.25) is 0 Å². The van der Waals surface area contributed by atoms with E-state index < -0.39 is 0 Å². The van der Waals surface area contributed by atoms with Crippen molar-refractivity contribution in [1.29, 1.82) is 0 Å². The van der Waals surface area contributed by atoms with Gasteiger partial charge in [0.15, 0.2) is 0 Å². The number of para-hydroxylation sites is 1. The fraction of sp³-hybridized carbons (Fsp3) is 0.190. The van der Waals surface area contributed by atoms with Crippen LogP contribution in [-0.4, -0.2) is 16.3 Å². The van der Waals surface area contributed by atoms with E-state index in [1.165, 1.54) is 76.3 Å². The summed E-state index contributed by atoms with van der Waals surface area (Å²) in [7, 11) is 2.16. The van der Waals surface area contributed by atoms with Crippen LogP contribution in [0.15, 0.2) is 97.6 Å². The van der Waals surface area contributed by atoms with Crippen molar-refractivity contribution in [2.75, 3.05) is 7.05 Å². The zero-order chi connectivity index (χ0) is 29.9. The Morgan fingerprint density at radius 1 is 0.750 bits per heavy atom. The van der Waals surface area contributed by atoms with Gasteiger partial charge in [-0.25, -0.2) is 0 Å². The molecule has 2 aromatic heterocycles. The van der Waals surface area contributed by atoms with E-state index in [1.807, 2.05) is 0 Å². The molecule has 7 aromatic rings. The monoisotopic (exact) mass is 568 g/mol. The minimum Gasteiger partial charge on any atom is -0.368 e. The average Bonchev–Trinajstić information content (AvgIpc) is 3.66. The Labute approximate surface area is 258 Å². The van der Waals surface area contributed by atoms with Gasteiger partial charge >= 0.3 is 0 Å². The molecule has 9 rings (SSSR count). The van der Waals surface area contributed by atoms with Crippen molar-refractivity contribution < 1.29 is 0 Å². The minimum atomic E-state index is -0.125. The van der Waals surface area contributed by atoms with Gasteiger partial charge in [0.05, 0.1) is 17.1 Å². The van der Waals surface area contributed by atoms with E-state index in [4.69, 9.17) is 0 Å². The van der Waals surface area contributed by atoms with Crippen molar-refractivity contribution in [3.8, 4) is 11.1 Å². The maximum absolute atomic E-state index is 4.44. The van der Waals surface area contributed by atoms with Crippen LogP contribution >= 0.6 is 0 Å². The highest BCUT2D eigenvalue weighted by atomic mass is 15.1. The Balaban J connectivity index is 1.23. The standard InChI is InChI=1S/C42H36N2/c1-25(27-12-7-6-8-13-27)43(5)26(2)28-18-19-29-31-20-22-35-32(39(31)42(3,4)37(29)24-28)21-23-36-34-16-11-15-33-30-14-9-10-17-38(30)44(40(33)34)41(35)36/h6-8,11-24,26H,1,9-10H2,2-5H3. The van der Waals surface area contributed by atoms with Crippen LogP contribution in [0, 0.1) is 0 Å². The summed E-state index contributed by atoms with van der Waals surface area (Å²) in [4.78, 5) is 2.30. The molecule has 0 bridgehead atoms. The second kappa shape index (κ2) is 8.86. The molecule has 0 aliphatic heterocycles. The Morgan fingerprint density at radius 2 is 1.41 bits per heavy atom. The van der Waals surface area contributed by atoms with Gasteiger partial charge in [0, 0.05) is 50.3 Å². The molecule has 0 amide bonds. The fourth-order valence-corrected chi connectivity index (χ4v) is 8.44. The molecule has 44 heavy (non-hydrogen) atoms. The minimum absolute atomic E-state index is 0.125. The van der Waals surface area contributed by atoms with Crippen molar-refractivity contribution in [1.82, 2.24) is 9.30 Å². The van der Waals surface area contributed by atoms with E-state index >= 15 is 0 Å². The zero-order valence-corrected chi connectivity index (χ0v) is 25.9. The molecule has 2 heteroatoms. The van der Waals surface area contributed by atoms with Gasteiger partial charge in [0.2, 0.25) is 0 Å². The largest absolute Gasteiger partial charge is 0.368 e. The molecule has 0 fully saturated rings. The third kappa shape index (κ3) is 3.21. The van der Waals surface area contributed by atoms with Crippen molar-refractivity contribution >= 4 is 55.8 Å². The predicted octanol–water partition coefficient (Wildman–Crippen LogP) is 9.16. The molecule has 0 radical (unpaired) electrons. The maximum Gasteiger partial charge on any atom is 0.0620 e. The number of fused-ring (bicyclic) bond motifs is 12. The summed E-state index contributed by atoms with van der Waals surface area (Å²) in [6.07, 6.45) is 7.11. The van der Waals surface area contributed by atoms with Gasteiger partial charge < -0.3 is 9.30 Å². The van der Waals surface area contributed by atoms with Crippen LogP contribution in [0.1, 0.15) is 61.9 Å². The fourth-order valence-electron chi connectivity index (χ4n) is 8.44. The molecule has 2 nitrogen and oxygen atoms in total. The van der Waals surface area contributed by atoms with Crippen LogP contribution in [0.5, 0.6) is 0 Å². The van der Waals surface area contributed by atoms with E-state index in [0.29, 0.717) is 0 Å². The molecule has 214 valence electrons. The lowest BCUT2D eigenvalue weighted by Gasteiger charge is -2.30. The van der Waals surface area contributed by atoms with Gasteiger partial charge in [0.1, 0.15) is 0 Å². The number of benzene rings is 5. The number of rotatable bonds is 4. The zero-order valence-electron chi connectivity index (χ0n) is 25.9. The summed E-state index contributed by atoms with van der Waals surface area (Å²) in [6, 6.07) is 34.2. The van der Waals surface area contributed by atoms with Crippen molar-refractivity contribution in [3.63, 3.8) is 0 Å². The maximum atomic E-state index is 4.44. The first-order valence-corrected chi connectivity index (χ1v) is 15.9. The lowest BCUT2D eigenvalue weighted by molar-refractivity contribution is 0.382. The molecule has 1 unspecified atom stereocenters. The first-order chi connectivity index (χ1) is 21.4. The van der Waals surface area contributed by atoms with E-state index in [-0.39, 0.29) is 11.5 Å². The van der Waals surface area contributed by atoms with Crippen LogP contribution in [0.4, 0.5) is 0 Å². The first kappa shape index (κ1) is 25.7. The third-order valence-corrected chi connectivity index (χ3v) is 10.8. The summed E-state index contributed by atoms with van der Waals surface area (Å²) in [6.45, 7) is 11.6. The second-order valence-corrected chi connectivity index (χ2v) is 13.4. The summed E-state index contributed by atoms with van der Waals surface area (Å²) < 4.78 is 2.57. The van der Waals surface area contributed by atoms with Gasteiger partial charge in [-0.05, 0) is 58.5 Å². The topological polar surface area (TPSA) is 7.65 Å². The van der Waals surface area contributed by atoms with Gasteiger partial charge in [-0.15, -0.1) is 0 Å². The van der Waals surface area contributed by atoms with Crippen molar-refractivity contribution in [3.05, 3.63) is 130 Å². The third-order valence-electron chi connectivity index (χ3n) is 10.8. The number of nitrogens with zero attached hydrogens (tertiary/aromatic N) is 2. The van der Waals surface area contributed by atoms with Crippen molar-refractivity contribution in [2.45, 2.75) is 45.1 Å². The van der Waals surface area contributed by atoms with E-state index in [9.17, 15) is 0 Å². The molecule has 0 saturated heterocycles. The van der Waals surface area contributed by atoms with Crippen LogP contribution in [0.25, 0.3) is 66.9 Å². The van der Waals surface area contributed by atoms with Gasteiger partial charge in [-0.1, -0.05) is 124 Å². The molecule has 0 saturated carbocycles. The Morgan fingerprint density at radius 3 is 2.25 bits per heavy atom. The molecule has 1 atom stereocenters. The molecule has 0 N–H and O–H groups in total. The highest BCUT2D eigenvalue weighted by Crippen LogP contribution is 2.53.